The molecule has 1 aliphatic carbocycles. The Morgan fingerprint density at radius 3 is 2.21 bits per heavy atom. The van der Waals surface area contributed by atoms with Crippen LogP contribution in [0.15, 0.2) is 24.0 Å². The molecule has 1 unspecified atom stereocenters. The standard InChI is InChI=1S/C10H16O4/c1-11-8-6-5-7-10(13-3,14-4)9(8)12-2/h5-7,9H,1-4H3. The average Bonchev–Trinajstić information content (AvgIpc) is 2.27. The lowest BCUT2D eigenvalue weighted by molar-refractivity contribution is -0.231. The fourth-order valence-electron chi connectivity index (χ4n) is 1.54. The minimum Gasteiger partial charge on any atom is -0.498 e. The van der Waals surface area contributed by atoms with E-state index < -0.39 is 5.79 Å². The quantitative estimate of drug-likeness (QED) is 0.636. The molecule has 0 bridgehead atoms. The molecule has 0 aromatic rings. The maximum absolute atomic E-state index is 5.31. The molecule has 4 heteroatoms. The second-order valence-corrected chi connectivity index (χ2v) is 2.88. The largest absolute Gasteiger partial charge is 0.498 e. The van der Waals surface area contributed by atoms with Gasteiger partial charge < -0.3 is 18.9 Å². The molecule has 0 N–H and O–H groups in total. The van der Waals surface area contributed by atoms with Crippen LogP contribution in [0.25, 0.3) is 0 Å². The van der Waals surface area contributed by atoms with Crippen LogP contribution in [0.2, 0.25) is 0 Å². The second kappa shape index (κ2) is 4.59. The van der Waals surface area contributed by atoms with E-state index in [2.05, 4.69) is 0 Å². The zero-order chi connectivity index (χ0) is 10.6. The van der Waals surface area contributed by atoms with E-state index in [1.165, 1.54) is 0 Å². The first kappa shape index (κ1) is 11.2. The SMILES string of the molecule is COC1=CC=CC(OC)(OC)C1OC. The summed E-state index contributed by atoms with van der Waals surface area (Å²) in [5.41, 5.74) is 0. The molecule has 0 saturated carbocycles. The van der Waals surface area contributed by atoms with Gasteiger partial charge in [0.05, 0.1) is 7.11 Å². The summed E-state index contributed by atoms with van der Waals surface area (Å²) in [4.78, 5) is 0. The van der Waals surface area contributed by atoms with E-state index in [1.807, 2.05) is 12.2 Å². The molecular weight excluding hydrogens is 184 g/mol. The summed E-state index contributed by atoms with van der Waals surface area (Å²) in [5.74, 6) is -0.215. The Bertz CT molecular complexity index is 241. The van der Waals surface area contributed by atoms with Crippen LogP contribution in [-0.2, 0) is 18.9 Å². The van der Waals surface area contributed by atoms with E-state index in [9.17, 15) is 0 Å². The molecule has 80 valence electrons. The number of allylic oxidation sites excluding steroid dienone is 2. The topological polar surface area (TPSA) is 36.9 Å². The molecule has 0 aromatic heterocycles. The molecule has 0 aromatic carbocycles. The van der Waals surface area contributed by atoms with Gasteiger partial charge in [-0.05, 0) is 12.2 Å². The van der Waals surface area contributed by atoms with Gasteiger partial charge in [-0.15, -0.1) is 0 Å². The van der Waals surface area contributed by atoms with Gasteiger partial charge in [-0.2, -0.15) is 0 Å². The number of methoxy groups -OCH3 is 4. The predicted octanol–water partition coefficient (Wildman–Crippen LogP) is 1.09. The lowest BCUT2D eigenvalue weighted by Crippen LogP contribution is -2.47. The van der Waals surface area contributed by atoms with Crippen LogP contribution >= 0.6 is 0 Å². The van der Waals surface area contributed by atoms with E-state index >= 15 is 0 Å². The first-order valence-electron chi connectivity index (χ1n) is 4.30. The molecule has 1 rings (SSSR count). The summed E-state index contributed by atoms with van der Waals surface area (Å²) in [7, 11) is 6.31. The highest BCUT2D eigenvalue weighted by Crippen LogP contribution is 2.30. The summed E-state index contributed by atoms with van der Waals surface area (Å²) in [5, 5.41) is 0. The lowest BCUT2D eigenvalue weighted by Gasteiger charge is -2.36. The van der Waals surface area contributed by atoms with Crippen LogP contribution in [-0.4, -0.2) is 40.3 Å². The highest BCUT2D eigenvalue weighted by molar-refractivity contribution is 5.25. The van der Waals surface area contributed by atoms with Crippen molar-refractivity contribution in [3.8, 4) is 0 Å². The smallest absolute Gasteiger partial charge is 0.222 e. The highest BCUT2D eigenvalue weighted by Gasteiger charge is 2.42. The van der Waals surface area contributed by atoms with E-state index in [1.54, 1.807) is 34.5 Å². The average molecular weight is 200 g/mol. The summed E-state index contributed by atoms with van der Waals surface area (Å²) < 4.78 is 21.1. The van der Waals surface area contributed by atoms with E-state index in [-0.39, 0.29) is 6.10 Å². The number of hydrogen-bond acceptors (Lipinski definition) is 4. The summed E-state index contributed by atoms with van der Waals surface area (Å²) >= 11 is 0. The van der Waals surface area contributed by atoms with Crippen molar-refractivity contribution in [3.05, 3.63) is 24.0 Å². The van der Waals surface area contributed by atoms with Gasteiger partial charge in [0.2, 0.25) is 5.79 Å². The third kappa shape index (κ3) is 1.68. The van der Waals surface area contributed by atoms with Gasteiger partial charge in [-0.25, -0.2) is 0 Å². The predicted molar refractivity (Wildman–Crippen MR) is 51.8 cm³/mol. The van der Waals surface area contributed by atoms with Gasteiger partial charge in [0.1, 0.15) is 5.76 Å². The van der Waals surface area contributed by atoms with Crippen LogP contribution in [0.3, 0.4) is 0 Å². The minimum absolute atomic E-state index is 0.382. The van der Waals surface area contributed by atoms with Crippen LogP contribution in [0.1, 0.15) is 0 Å². The minimum atomic E-state index is -0.894. The van der Waals surface area contributed by atoms with Gasteiger partial charge >= 0.3 is 0 Å². The third-order valence-corrected chi connectivity index (χ3v) is 2.32. The summed E-state index contributed by atoms with van der Waals surface area (Å²) in [6, 6.07) is 0. The zero-order valence-electron chi connectivity index (χ0n) is 8.94. The summed E-state index contributed by atoms with van der Waals surface area (Å²) in [6.07, 6.45) is 5.06. The van der Waals surface area contributed by atoms with Crippen molar-refractivity contribution in [2.45, 2.75) is 11.9 Å². The molecule has 0 heterocycles. The fourth-order valence-corrected chi connectivity index (χ4v) is 1.54. The van der Waals surface area contributed by atoms with Crippen molar-refractivity contribution in [3.63, 3.8) is 0 Å². The maximum Gasteiger partial charge on any atom is 0.222 e. The Hall–Kier alpha value is -0.840. The van der Waals surface area contributed by atoms with E-state index in [0.29, 0.717) is 5.76 Å². The van der Waals surface area contributed by atoms with Crippen LogP contribution in [0.4, 0.5) is 0 Å². The molecule has 1 aliphatic rings. The van der Waals surface area contributed by atoms with Gasteiger partial charge in [0.15, 0.2) is 6.10 Å². The number of ether oxygens (including phenoxy) is 4. The van der Waals surface area contributed by atoms with Gasteiger partial charge in [0.25, 0.3) is 0 Å². The zero-order valence-corrected chi connectivity index (χ0v) is 8.94. The Kier molecular flexibility index (Phi) is 3.69. The molecule has 0 aliphatic heterocycles. The normalized spacial score (nSPS) is 24.6. The Labute approximate surface area is 84.1 Å². The van der Waals surface area contributed by atoms with Gasteiger partial charge in [-0.1, -0.05) is 6.08 Å². The molecule has 0 radical (unpaired) electrons. The second-order valence-electron chi connectivity index (χ2n) is 2.88. The molecule has 4 nitrogen and oxygen atoms in total. The molecule has 14 heavy (non-hydrogen) atoms. The highest BCUT2D eigenvalue weighted by atomic mass is 16.7. The first-order valence-corrected chi connectivity index (χ1v) is 4.30. The molecular formula is C10H16O4. The van der Waals surface area contributed by atoms with E-state index in [4.69, 9.17) is 18.9 Å². The Morgan fingerprint density at radius 2 is 1.79 bits per heavy atom. The van der Waals surface area contributed by atoms with Crippen molar-refractivity contribution in [2.75, 3.05) is 28.4 Å². The summed E-state index contributed by atoms with van der Waals surface area (Å²) in [6.45, 7) is 0. The van der Waals surface area contributed by atoms with Crippen LogP contribution < -0.4 is 0 Å². The molecule has 0 saturated heterocycles. The monoisotopic (exact) mass is 200 g/mol. The molecule has 0 fully saturated rings. The van der Waals surface area contributed by atoms with Gasteiger partial charge in [-0.3, -0.25) is 0 Å². The van der Waals surface area contributed by atoms with E-state index in [0.717, 1.165) is 0 Å². The van der Waals surface area contributed by atoms with Crippen LogP contribution in [0, 0.1) is 0 Å². The molecule has 0 amide bonds. The maximum atomic E-state index is 5.31. The van der Waals surface area contributed by atoms with Crippen molar-refractivity contribution in [1.82, 2.24) is 0 Å². The van der Waals surface area contributed by atoms with Crippen LogP contribution in [0.5, 0.6) is 0 Å². The molecule has 1 atom stereocenters. The van der Waals surface area contributed by atoms with Crippen molar-refractivity contribution in [2.24, 2.45) is 0 Å². The van der Waals surface area contributed by atoms with Gasteiger partial charge in [0, 0.05) is 21.3 Å². The van der Waals surface area contributed by atoms with Crippen molar-refractivity contribution in [1.29, 1.82) is 0 Å². The van der Waals surface area contributed by atoms with Crippen molar-refractivity contribution < 1.29 is 18.9 Å². The van der Waals surface area contributed by atoms with Crippen molar-refractivity contribution >= 4 is 0 Å². The Balaban J connectivity index is 2.98. The fraction of sp³-hybridized carbons (Fsp3) is 0.600. The lowest BCUT2D eigenvalue weighted by atomic mass is 10.0. The third-order valence-electron chi connectivity index (χ3n) is 2.32. The molecule has 0 spiro atoms. The first-order chi connectivity index (χ1) is 6.74. The number of hydrogen-bond donors (Lipinski definition) is 0. The number of rotatable bonds is 4. The Morgan fingerprint density at radius 1 is 1.14 bits per heavy atom.